The molecule has 7 heteroatoms. The Labute approximate surface area is 103 Å². The van der Waals surface area contributed by atoms with Crippen LogP contribution in [-0.4, -0.2) is 34.3 Å². The highest BCUT2D eigenvalue weighted by Gasteiger charge is 2.23. The van der Waals surface area contributed by atoms with E-state index in [1.165, 1.54) is 22.8 Å². The van der Waals surface area contributed by atoms with Gasteiger partial charge in [0.25, 0.3) is 0 Å². The van der Waals surface area contributed by atoms with Gasteiger partial charge in [-0.25, -0.2) is 0 Å². The first-order chi connectivity index (χ1) is 7.04. The number of hydrogen-bond acceptors (Lipinski definition) is 5. The van der Waals surface area contributed by atoms with Gasteiger partial charge in [0.05, 0.1) is 6.61 Å². The molecular formula is C8H19O3PS3. The number of rotatable bonds is 9. The highest BCUT2D eigenvalue weighted by atomic mass is 33.1. The van der Waals surface area contributed by atoms with Gasteiger partial charge in [-0.3, -0.25) is 8.77 Å². The lowest BCUT2D eigenvalue weighted by molar-refractivity contribution is 0.357. The third-order valence-corrected chi connectivity index (χ3v) is 10.1. The molecule has 0 aliphatic carbocycles. The normalized spacial score (nSPS) is 17.3. The zero-order valence-electron chi connectivity index (χ0n) is 9.43. The first kappa shape index (κ1) is 16.0. The molecule has 0 fully saturated rings. The molecule has 3 nitrogen and oxygen atoms in total. The van der Waals surface area contributed by atoms with Crippen molar-refractivity contribution in [2.45, 2.75) is 20.3 Å². The minimum absolute atomic E-state index is 0.468. The van der Waals surface area contributed by atoms with Crippen molar-refractivity contribution >= 4 is 39.3 Å². The van der Waals surface area contributed by atoms with Gasteiger partial charge in [-0.05, 0) is 13.3 Å². The minimum atomic E-state index is -2.59. The maximum Gasteiger partial charge on any atom is 0.313 e. The first-order valence-corrected chi connectivity index (χ1v) is 11.4. The quantitative estimate of drug-likeness (QED) is 0.609. The van der Waals surface area contributed by atoms with Crippen molar-refractivity contribution in [1.82, 2.24) is 0 Å². The van der Waals surface area contributed by atoms with E-state index in [0.29, 0.717) is 18.1 Å². The van der Waals surface area contributed by atoms with Crippen molar-refractivity contribution < 1.29 is 13.3 Å². The summed E-state index contributed by atoms with van der Waals surface area (Å²) in [5, 5.41) is 0. The molecule has 0 aliphatic heterocycles. The lowest BCUT2D eigenvalue weighted by Crippen LogP contribution is -1.97. The average molecular weight is 290 g/mol. The highest BCUT2D eigenvalue weighted by Crippen LogP contribution is 2.69. The summed E-state index contributed by atoms with van der Waals surface area (Å²) in [6.07, 6.45) is 2.65. The fourth-order valence-corrected chi connectivity index (χ4v) is 9.02. The van der Waals surface area contributed by atoms with Crippen LogP contribution in [0.4, 0.5) is 0 Å². The van der Waals surface area contributed by atoms with Gasteiger partial charge < -0.3 is 4.52 Å². The second-order valence-corrected chi connectivity index (χ2v) is 12.0. The first-order valence-electron chi connectivity index (χ1n) is 4.87. The molecule has 0 aromatic heterocycles. The molecule has 2 unspecified atom stereocenters. The Bertz CT molecular complexity index is 235. The predicted octanol–water partition coefficient (Wildman–Crippen LogP) is 3.39. The molecule has 0 saturated heterocycles. The van der Waals surface area contributed by atoms with Gasteiger partial charge in [0.15, 0.2) is 0 Å². The molecule has 0 heterocycles. The molecule has 0 aromatic rings. The molecule has 0 N–H and O–H groups in total. The van der Waals surface area contributed by atoms with Gasteiger partial charge in [0, 0.05) is 34.3 Å². The van der Waals surface area contributed by atoms with Crippen molar-refractivity contribution in [3.63, 3.8) is 0 Å². The largest absolute Gasteiger partial charge is 0.314 e. The van der Waals surface area contributed by atoms with Crippen LogP contribution in [0.25, 0.3) is 0 Å². The van der Waals surface area contributed by atoms with Gasteiger partial charge in [-0.15, -0.1) is 0 Å². The fourth-order valence-electron chi connectivity index (χ4n) is 0.739. The van der Waals surface area contributed by atoms with E-state index in [9.17, 15) is 8.77 Å². The Morgan fingerprint density at radius 1 is 1.27 bits per heavy atom. The third kappa shape index (κ3) is 8.81. The monoisotopic (exact) mass is 290 g/mol. The zero-order valence-corrected chi connectivity index (χ0v) is 12.8. The van der Waals surface area contributed by atoms with Crippen LogP contribution in [0.2, 0.25) is 0 Å². The van der Waals surface area contributed by atoms with E-state index in [0.717, 1.165) is 12.2 Å². The predicted molar refractivity (Wildman–Crippen MR) is 73.4 cm³/mol. The molecular weight excluding hydrogens is 271 g/mol. The number of hydrogen-bond donors (Lipinski definition) is 0. The van der Waals surface area contributed by atoms with Gasteiger partial charge >= 0.3 is 5.77 Å². The summed E-state index contributed by atoms with van der Waals surface area (Å²) in [5.41, 5.74) is 0. The Morgan fingerprint density at radius 2 is 1.87 bits per heavy atom. The van der Waals surface area contributed by atoms with Crippen LogP contribution in [0.1, 0.15) is 20.3 Å². The van der Waals surface area contributed by atoms with E-state index in [1.807, 2.05) is 6.92 Å². The molecule has 0 amide bonds. The summed E-state index contributed by atoms with van der Waals surface area (Å²) in [6, 6.07) is 0. The molecule has 0 spiro atoms. The summed E-state index contributed by atoms with van der Waals surface area (Å²) in [5.74, 6) is -0.533. The Kier molecular flexibility index (Phi) is 9.74. The molecule has 15 heavy (non-hydrogen) atoms. The van der Waals surface area contributed by atoms with Crippen LogP contribution in [0, 0.1) is 0 Å². The smallest absolute Gasteiger partial charge is 0.313 e. The molecule has 2 atom stereocenters. The van der Waals surface area contributed by atoms with E-state index in [2.05, 4.69) is 6.92 Å². The van der Waals surface area contributed by atoms with Crippen LogP contribution in [0.15, 0.2) is 0 Å². The Morgan fingerprint density at radius 3 is 2.33 bits per heavy atom. The van der Waals surface area contributed by atoms with E-state index >= 15 is 0 Å². The van der Waals surface area contributed by atoms with Gasteiger partial charge in [-0.1, -0.05) is 29.7 Å². The third-order valence-electron chi connectivity index (χ3n) is 1.36. The Hall–Kier alpha value is 1.04. The summed E-state index contributed by atoms with van der Waals surface area (Å²) in [7, 11) is -0.817. The maximum absolute atomic E-state index is 12.2. The van der Waals surface area contributed by atoms with E-state index in [1.54, 1.807) is 6.26 Å². The summed E-state index contributed by atoms with van der Waals surface area (Å²) in [6.45, 7) is 4.36. The molecule has 0 radical (unpaired) electrons. The molecule has 0 bridgehead atoms. The summed E-state index contributed by atoms with van der Waals surface area (Å²) >= 11 is 2.72. The zero-order chi connectivity index (χ0) is 11.7. The topological polar surface area (TPSA) is 43.4 Å². The highest BCUT2D eigenvalue weighted by molar-refractivity contribution is 8.89. The maximum atomic E-state index is 12.2. The average Bonchev–Trinajstić information content (AvgIpc) is 2.15. The van der Waals surface area contributed by atoms with Crippen molar-refractivity contribution in [3.05, 3.63) is 0 Å². The van der Waals surface area contributed by atoms with E-state index < -0.39 is 16.6 Å². The minimum Gasteiger partial charge on any atom is -0.314 e. The van der Waals surface area contributed by atoms with E-state index in [4.69, 9.17) is 4.52 Å². The fraction of sp³-hybridized carbons (Fsp3) is 1.00. The van der Waals surface area contributed by atoms with Crippen molar-refractivity contribution in [1.29, 1.82) is 0 Å². The molecule has 0 aromatic carbocycles. The van der Waals surface area contributed by atoms with Crippen LogP contribution < -0.4 is 0 Å². The summed E-state index contributed by atoms with van der Waals surface area (Å²) < 4.78 is 28.3. The van der Waals surface area contributed by atoms with Crippen LogP contribution in [0.3, 0.4) is 0 Å². The second-order valence-electron chi connectivity index (χ2n) is 2.81. The van der Waals surface area contributed by atoms with Crippen LogP contribution in [-0.2, 0) is 19.9 Å². The van der Waals surface area contributed by atoms with E-state index in [-0.39, 0.29) is 0 Å². The molecule has 0 aliphatic rings. The summed E-state index contributed by atoms with van der Waals surface area (Å²) in [4.78, 5) is 0. The lowest BCUT2D eigenvalue weighted by Gasteiger charge is -2.15. The van der Waals surface area contributed by atoms with Crippen LogP contribution >= 0.6 is 28.5 Å². The Balaban J connectivity index is 4.00. The molecule has 92 valence electrons. The van der Waals surface area contributed by atoms with Gasteiger partial charge in [-0.2, -0.15) is 0 Å². The second kappa shape index (κ2) is 9.11. The van der Waals surface area contributed by atoms with Crippen molar-refractivity contribution in [2.24, 2.45) is 0 Å². The molecule has 0 rings (SSSR count). The van der Waals surface area contributed by atoms with Gasteiger partial charge in [0.2, 0.25) is 0 Å². The van der Waals surface area contributed by atoms with Crippen LogP contribution in [0.5, 0.6) is 0 Å². The van der Waals surface area contributed by atoms with Crippen molar-refractivity contribution in [3.8, 4) is 0 Å². The SMILES string of the molecule is CCCSP(=O)(OCC)SCCS(C)=O. The van der Waals surface area contributed by atoms with Crippen molar-refractivity contribution in [2.75, 3.05) is 30.1 Å². The standard InChI is InChI=1S/C8H19O3PS3/c1-4-6-13-12(9,11-5-2)14-7-8-15(3)10/h4-8H2,1-3H3. The van der Waals surface area contributed by atoms with Gasteiger partial charge in [0.1, 0.15) is 0 Å². The lowest BCUT2D eigenvalue weighted by atomic mass is 10.6. The molecule has 0 saturated carbocycles.